The second-order valence-electron chi connectivity index (χ2n) is 5.95. The van der Waals surface area contributed by atoms with E-state index in [0.717, 1.165) is 32.8 Å². The maximum absolute atomic E-state index is 5.72. The minimum absolute atomic E-state index is 0.505. The van der Waals surface area contributed by atoms with Crippen molar-refractivity contribution in [2.24, 2.45) is 5.41 Å². The van der Waals surface area contributed by atoms with Crippen molar-refractivity contribution < 1.29 is 9.47 Å². The van der Waals surface area contributed by atoms with Crippen LogP contribution in [0.1, 0.15) is 52.4 Å². The van der Waals surface area contributed by atoms with Crippen LogP contribution in [0.15, 0.2) is 0 Å². The molecule has 0 aromatic rings. The Kier molecular flexibility index (Phi) is 7.87. The molecule has 0 aliphatic heterocycles. The van der Waals surface area contributed by atoms with Gasteiger partial charge in [-0.05, 0) is 31.1 Å². The van der Waals surface area contributed by atoms with E-state index in [0.29, 0.717) is 11.5 Å². The fourth-order valence-electron chi connectivity index (χ4n) is 2.76. The van der Waals surface area contributed by atoms with Gasteiger partial charge in [0.15, 0.2) is 0 Å². The maximum Gasteiger partial charge on any atom is 0.0487 e. The highest BCUT2D eigenvalue weighted by Crippen LogP contribution is 2.40. The molecule has 0 unspecified atom stereocenters. The molecule has 18 heavy (non-hydrogen) atoms. The van der Waals surface area contributed by atoms with Gasteiger partial charge in [0.1, 0.15) is 0 Å². The molecule has 0 bridgehead atoms. The van der Waals surface area contributed by atoms with Gasteiger partial charge < -0.3 is 14.8 Å². The van der Waals surface area contributed by atoms with Gasteiger partial charge >= 0.3 is 0 Å². The SMILES string of the molecule is COCCCOCCC1(CNC(C)C)CCCC1. The first-order chi connectivity index (χ1) is 8.68. The van der Waals surface area contributed by atoms with Crippen LogP contribution in [-0.4, -0.2) is 39.5 Å². The summed E-state index contributed by atoms with van der Waals surface area (Å²) in [6, 6.07) is 0.588. The third-order valence-corrected chi connectivity index (χ3v) is 3.96. The van der Waals surface area contributed by atoms with Crippen molar-refractivity contribution in [2.45, 2.75) is 58.4 Å². The lowest BCUT2D eigenvalue weighted by Gasteiger charge is -2.30. The van der Waals surface area contributed by atoms with E-state index in [-0.39, 0.29) is 0 Å². The summed E-state index contributed by atoms with van der Waals surface area (Å²) in [5.74, 6) is 0. The van der Waals surface area contributed by atoms with Crippen LogP contribution < -0.4 is 5.32 Å². The number of hydrogen-bond donors (Lipinski definition) is 1. The Morgan fingerprint density at radius 3 is 2.44 bits per heavy atom. The summed E-state index contributed by atoms with van der Waals surface area (Å²) >= 11 is 0. The van der Waals surface area contributed by atoms with Crippen LogP contribution in [0.5, 0.6) is 0 Å². The van der Waals surface area contributed by atoms with Crippen LogP contribution in [0, 0.1) is 5.41 Å². The summed E-state index contributed by atoms with van der Waals surface area (Å²) in [6.45, 7) is 8.16. The lowest BCUT2D eigenvalue weighted by Crippen LogP contribution is -2.36. The van der Waals surface area contributed by atoms with E-state index in [2.05, 4.69) is 19.2 Å². The molecule has 0 atom stereocenters. The number of methoxy groups -OCH3 is 1. The van der Waals surface area contributed by atoms with E-state index < -0.39 is 0 Å². The molecule has 1 N–H and O–H groups in total. The summed E-state index contributed by atoms with van der Waals surface area (Å²) in [5.41, 5.74) is 0.505. The lowest BCUT2D eigenvalue weighted by atomic mass is 9.82. The van der Waals surface area contributed by atoms with Gasteiger partial charge in [0, 0.05) is 39.5 Å². The van der Waals surface area contributed by atoms with Gasteiger partial charge in [-0.25, -0.2) is 0 Å². The number of ether oxygens (including phenoxy) is 2. The molecule has 1 aliphatic rings. The van der Waals surface area contributed by atoms with E-state index in [1.165, 1.54) is 32.1 Å². The quantitative estimate of drug-likeness (QED) is 0.610. The van der Waals surface area contributed by atoms with Crippen LogP contribution in [0.3, 0.4) is 0 Å². The van der Waals surface area contributed by atoms with E-state index in [9.17, 15) is 0 Å². The Balaban J connectivity index is 2.17. The van der Waals surface area contributed by atoms with E-state index >= 15 is 0 Å². The molecule has 0 amide bonds. The topological polar surface area (TPSA) is 30.5 Å². The molecule has 0 saturated heterocycles. The fourth-order valence-corrected chi connectivity index (χ4v) is 2.76. The van der Waals surface area contributed by atoms with Crippen molar-refractivity contribution in [3.05, 3.63) is 0 Å². The van der Waals surface area contributed by atoms with Crippen LogP contribution >= 0.6 is 0 Å². The minimum atomic E-state index is 0.505. The Morgan fingerprint density at radius 1 is 1.11 bits per heavy atom. The summed E-state index contributed by atoms with van der Waals surface area (Å²) < 4.78 is 10.7. The highest BCUT2D eigenvalue weighted by molar-refractivity contribution is 4.87. The Hall–Kier alpha value is -0.120. The predicted octanol–water partition coefficient (Wildman–Crippen LogP) is 2.99. The van der Waals surface area contributed by atoms with Crippen LogP contribution in [0.2, 0.25) is 0 Å². The molecule has 1 aliphatic carbocycles. The van der Waals surface area contributed by atoms with Gasteiger partial charge in [0.05, 0.1) is 0 Å². The van der Waals surface area contributed by atoms with Crippen molar-refractivity contribution in [3.8, 4) is 0 Å². The van der Waals surface area contributed by atoms with Crippen LogP contribution in [0.4, 0.5) is 0 Å². The third kappa shape index (κ3) is 6.17. The van der Waals surface area contributed by atoms with Crippen molar-refractivity contribution >= 4 is 0 Å². The van der Waals surface area contributed by atoms with E-state index in [4.69, 9.17) is 9.47 Å². The van der Waals surface area contributed by atoms with Crippen molar-refractivity contribution in [1.82, 2.24) is 5.32 Å². The molecule has 0 aromatic carbocycles. The summed E-state index contributed by atoms with van der Waals surface area (Å²) in [6.07, 6.45) is 7.74. The molecule has 0 radical (unpaired) electrons. The molecule has 3 nitrogen and oxygen atoms in total. The summed E-state index contributed by atoms with van der Waals surface area (Å²) in [4.78, 5) is 0. The highest BCUT2D eigenvalue weighted by Gasteiger charge is 2.33. The Morgan fingerprint density at radius 2 is 1.83 bits per heavy atom. The summed E-state index contributed by atoms with van der Waals surface area (Å²) in [7, 11) is 1.74. The second-order valence-corrected chi connectivity index (χ2v) is 5.95. The van der Waals surface area contributed by atoms with Gasteiger partial charge in [-0.3, -0.25) is 0 Å². The zero-order valence-corrected chi connectivity index (χ0v) is 12.5. The molecule has 3 heteroatoms. The normalized spacial score (nSPS) is 18.7. The standard InChI is InChI=1S/C15H31NO2/c1-14(2)16-13-15(7-4-5-8-15)9-12-18-11-6-10-17-3/h14,16H,4-13H2,1-3H3. The molecular formula is C15H31NO2. The van der Waals surface area contributed by atoms with Gasteiger partial charge in [0.25, 0.3) is 0 Å². The first-order valence-corrected chi connectivity index (χ1v) is 7.49. The minimum Gasteiger partial charge on any atom is -0.385 e. The van der Waals surface area contributed by atoms with Gasteiger partial charge in [-0.15, -0.1) is 0 Å². The van der Waals surface area contributed by atoms with Gasteiger partial charge in [-0.1, -0.05) is 26.7 Å². The smallest absolute Gasteiger partial charge is 0.0487 e. The second kappa shape index (κ2) is 8.89. The molecule has 1 saturated carbocycles. The first-order valence-electron chi connectivity index (χ1n) is 7.49. The Labute approximate surface area is 113 Å². The van der Waals surface area contributed by atoms with Crippen molar-refractivity contribution in [3.63, 3.8) is 0 Å². The summed E-state index contributed by atoms with van der Waals surface area (Å²) in [5, 5.41) is 3.61. The molecule has 1 fully saturated rings. The van der Waals surface area contributed by atoms with Crippen LogP contribution in [0.25, 0.3) is 0 Å². The zero-order chi connectivity index (χ0) is 13.3. The first kappa shape index (κ1) is 15.9. The molecule has 0 aromatic heterocycles. The zero-order valence-electron chi connectivity index (χ0n) is 12.5. The Bertz CT molecular complexity index is 201. The molecular weight excluding hydrogens is 226 g/mol. The number of hydrogen-bond acceptors (Lipinski definition) is 3. The lowest BCUT2D eigenvalue weighted by molar-refractivity contribution is 0.0758. The average Bonchev–Trinajstić information content (AvgIpc) is 2.81. The van der Waals surface area contributed by atoms with Crippen molar-refractivity contribution in [2.75, 3.05) is 33.5 Å². The molecule has 1 rings (SSSR count). The molecule has 0 spiro atoms. The predicted molar refractivity (Wildman–Crippen MR) is 76.0 cm³/mol. The number of nitrogens with one attached hydrogen (secondary N) is 1. The third-order valence-electron chi connectivity index (χ3n) is 3.96. The van der Waals surface area contributed by atoms with Gasteiger partial charge in [-0.2, -0.15) is 0 Å². The number of rotatable bonds is 10. The maximum atomic E-state index is 5.72. The largest absolute Gasteiger partial charge is 0.385 e. The van der Waals surface area contributed by atoms with Gasteiger partial charge in [0.2, 0.25) is 0 Å². The average molecular weight is 257 g/mol. The van der Waals surface area contributed by atoms with Crippen molar-refractivity contribution in [1.29, 1.82) is 0 Å². The molecule has 108 valence electrons. The van der Waals surface area contributed by atoms with Crippen LogP contribution in [-0.2, 0) is 9.47 Å². The van der Waals surface area contributed by atoms with E-state index in [1.807, 2.05) is 0 Å². The fraction of sp³-hybridized carbons (Fsp3) is 1.00. The van der Waals surface area contributed by atoms with E-state index in [1.54, 1.807) is 7.11 Å². The molecule has 0 heterocycles. The monoisotopic (exact) mass is 257 g/mol. The highest BCUT2D eigenvalue weighted by atomic mass is 16.5.